The normalized spacial score (nSPS) is 13.7. The fourth-order valence-electron chi connectivity index (χ4n) is 3.16. The smallest absolute Gasteiger partial charge is 0.123 e. The van der Waals surface area contributed by atoms with E-state index in [9.17, 15) is 9.65 Å². The third-order valence-corrected chi connectivity index (χ3v) is 4.45. The van der Waals surface area contributed by atoms with Gasteiger partial charge < -0.3 is 0 Å². The van der Waals surface area contributed by atoms with Crippen LogP contribution >= 0.6 is 0 Å². The maximum absolute atomic E-state index is 13.4. The van der Waals surface area contributed by atoms with Gasteiger partial charge in [-0.15, -0.1) is 0 Å². The van der Waals surface area contributed by atoms with E-state index in [-0.39, 0.29) is 5.82 Å². The second kappa shape index (κ2) is 5.58. The van der Waals surface area contributed by atoms with Crippen molar-refractivity contribution in [1.82, 2.24) is 4.98 Å². The molecule has 116 valence electrons. The highest BCUT2D eigenvalue weighted by Gasteiger charge is 2.31. The molecule has 1 fully saturated rings. The maximum Gasteiger partial charge on any atom is 0.123 e. The lowest BCUT2D eigenvalue weighted by Gasteiger charge is -2.16. The molecule has 1 aliphatic rings. The first kappa shape index (κ1) is 14.6. The van der Waals surface area contributed by atoms with Gasteiger partial charge in [-0.25, -0.2) is 4.39 Å². The molecule has 1 aromatic heterocycles. The van der Waals surface area contributed by atoms with Crippen molar-refractivity contribution in [3.8, 4) is 17.2 Å². The number of rotatable bonds is 3. The monoisotopic (exact) mass is 314 g/mol. The molecule has 3 aromatic rings. The molecule has 1 aliphatic carbocycles. The molecule has 24 heavy (non-hydrogen) atoms. The Hall–Kier alpha value is -2.99. The predicted molar refractivity (Wildman–Crippen MR) is 93.8 cm³/mol. The van der Waals surface area contributed by atoms with E-state index in [1.165, 1.54) is 12.1 Å². The Labute approximate surface area is 139 Å². The molecule has 2 aromatic carbocycles. The molecule has 0 bridgehead atoms. The summed E-state index contributed by atoms with van der Waals surface area (Å²) >= 11 is 0. The molecule has 1 heterocycles. The van der Waals surface area contributed by atoms with Gasteiger partial charge in [0.2, 0.25) is 0 Å². The first-order valence-corrected chi connectivity index (χ1v) is 7.97. The van der Waals surface area contributed by atoms with Gasteiger partial charge in [0.05, 0.1) is 22.9 Å². The third-order valence-electron chi connectivity index (χ3n) is 4.45. The SMILES string of the molecule is C=C(C#N)c1c(C2CC2)nc2ccccc2c1-c1ccc(F)cc1. The number of pyridine rings is 1. The maximum atomic E-state index is 13.4. The fourth-order valence-corrected chi connectivity index (χ4v) is 3.16. The van der Waals surface area contributed by atoms with Crippen molar-refractivity contribution in [2.75, 3.05) is 0 Å². The molecule has 4 rings (SSSR count). The topological polar surface area (TPSA) is 36.7 Å². The van der Waals surface area contributed by atoms with E-state index < -0.39 is 0 Å². The molecule has 0 saturated heterocycles. The van der Waals surface area contributed by atoms with E-state index in [1.54, 1.807) is 12.1 Å². The number of hydrogen-bond acceptors (Lipinski definition) is 2. The molecule has 3 heteroatoms. The molecule has 2 nitrogen and oxygen atoms in total. The van der Waals surface area contributed by atoms with E-state index in [0.717, 1.165) is 46.1 Å². The highest BCUT2D eigenvalue weighted by molar-refractivity contribution is 6.02. The van der Waals surface area contributed by atoms with E-state index >= 15 is 0 Å². The summed E-state index contributed by atoms with van der Waals surface area (Å²) in [6.07, 6.45) is 2.17. The van der Waals surface area contributed by atoms with Gasteiger partial charge in [0.25, 0.3) is 0 Å². The minimum atomic E-state index is -0.278. The lowest BCUT2D eigenvalue weighted by Crippen LogP contribution is -2.00. The summed E-state index contributed by atoms with van der Waals surface area (Å²) in [7, 11) is 0. The fraction of sp³-hybridized carbons (Fsp3) is 0.143. The van der Waals surface area contributed by atoms with Gasteiger partial charge in [-0.2, -0.15) is 5.26 Å². The van der Waals surface area contributed by atoms with Crippen molar-refractivity contribution in [3.05, 3.63) is 72.2 Å². The van der Waals surface area contributed by atoms with Gasteiger partial charge in [0.1, 0.15) is 5.82 Å². The van der Waals surface area contributed by atoms with Crippen molar-refractivity contribution in [3.63, 3.8) is 0 Å². The van der Waals surface area contributed by atoms with Crippen LogP contribution in [0.4, 0.5) is 4.39 Å². The first-order valence-electron chi connectivity index (χ1n) is 7.97. The van der Waals surface area contributed by atoms with E-state index in [4.69, 9.17) is 4.98 Å². The van der Waals surface area contributed by atoms with Crippen LogP contribution in [0.5, 0.6) is 0 Å². The lowest BCUT2D eigenvalue weighted by atomic mass is 9.89. The summed E-state index contributed by atoms with van der Waals surface area (Å²) in [6, 6.07) is 16.5. The number of benzene rings is 2. The first-order chi connectivity index (χ1) is 11.7. The quantitative estimate of drug-likeness (QED) is 0.602. The van der Waals surface area contributed by atoms with Crippen LogP contribution in [0.2, 0.25) is 0 Å². The van der Waals surface area contributed by atoms with Crippen molar-refractivity contribution in [1.29, 1.82) is 5.26 Å². The highest BCUT2D eigenvalue weighted by atomic mass is 19.1. The second-order valence-corrected chi connectivity index (χ2v) is 6.14. The van der Waals surface area contributed by atoms with Crippen molar-refractivity contribution in [2.24, 2.45) is 0 Å². The lowest BCUT2D eigenvalue weighted by molar-refractivity contribution is 0.628. The second-order valence-electron chi connectivity index (χ2n) is 6.14. The van der Waals surface area contributed by atoms with Gasteiger partial charge in [0.15, 0.2) is 0 Å². The number of nitrogens with zero attached hydrogens (tertiary/aromatic N) is 2. The Morgan fingerprint density at radius 2 is 1.83 bits per heavy atom. The van der Waals surface area contributed by atoms with E-state index in [0.29, 0.717) is 11.5 Å². The zero-order chi connectivity index (χ0) is 16.7. The zero-order valence-corrected chi connectivity index (χ0v) is 13.1. The Morgan fingerprint density at radius 1 is 1.12 bits per heavy atom. The summed E-state index contributed by atoms with van der Waals surface area (Å²) in [4.78, 5) is 4.82. The minimum absolute atomic E-state index is 0.278. The summed E-state index contributed by atoms with van der Waals surface area (Å²) < 4.78 is 13.4. The van der Waals surface area contributed by atoms with E-state index in [1.807, 2.05) is 24.3 Å². The summed E-state index contributed by atoms with van der Waals surface area (Å²) in [5.74, 6) is 0.106. The number of allylic oxidation sites excluding steroid dienone is 1. The number of para-hydroxylation sites is 1. The van der Waals surface area contributed by atoms with Gasteiger partial charge >= 0.3 is 0 Å². The average molecular weight is 314 g/mol. The third kappa shape index (κ3) is 2.37. The van der Waals surface area contributed by atoms with Crippen LogP contribution in [0.25, 0.3) is 27.6 Å². The number of halogens is 1. The summed E-state index contributed by atoms with van der Waals surface area (Å²) in [5.41, 5.74) is 4.87. The molecule has 0 unspecified atom stereocenters. The Kier molecular flexibility index (Phi) is 3.39. The van der Waals surface area contributed by atoms with Crippen LogP contribution in [0.15, 0.2) is 55.1 Å². The van der Waals surface area contributed by atoms with Crippen LogP contribution in [0.3, 0.4) is 0 Å². The van der Waals surface area contributed by atoms with Crippen LogP contribution in [-0.4, -0.2) is 4.98 Å². The molecule has 0 N–H and O–H groups in total. The largest absolute Gasteiger partial charge is 0.252 e. The molecule has 1 saturated carbocycles. The standard InChI is InChI=1S/C21H15FN2/c1-13(12-23)19-20(14-8-10-16(22)11-9-14)17-4-2-3-5-18(17)24-21(19)15-6-7-15/h2-5,8-11,15H,1,6-7H2. The number of fused-ring (bicyclic) bond motifs is 1. The van der Waals surface area contributed by atoms with Gasteiger partial charge in [-0.3, -0.25) is 4.98 Å². The molecule has 0 spiro atoms. The van der Waals surface area contributed by atoms with E-state index in [2.05, 4.69) is 12.6 Å². The Balaban J connectivity index is 2.13. The molecule has 0 atom stereocenters. The van der Waals surface area contributed by atoms with Crippen molar-refractivity contribution < 1.29 is 4.39 Å². The van der Waals surface area contributed by atoms with Crippen LogP contribution in [-0.2, 0) is 0 Å². The van der Waals surface area contributed by atoms with Gasteiger partial charge in [-0.05, 0) is 36.6 Å². The number of hydrogen-bond donors (Lipinski definition) is 0. The predicted octanol–water partition coefficient (Wildman–Crippen LogP) is 5.46. The van der Waals surface area contributed by atoms with Gasteiger partial charge in [0, 0.05) is 22.4 Å². The molecule has 0 aliphatic heterocycles. The van der Waals surface area contributed by atoms with Crippen molar-refractivity contribution in [2.45, 2.75) is 18.8 Å². The molecular formula is C21H15FN2. The average Bonchev–Trinajstić information content (AvgIpc) is 3.45. The number of aromatic nitrogens is 1. The summed E-state index contributed by atoms with van der Waals surface area (Å²) in [6.45, 7) is 3.95. The van der Waals surface area contributed by atoms with Crippen LogP contribution in [0.1, 0.15) is 30.0 Å². The number of nitriles is 1. The minimum Gasteiger partial charge on any atom is -0.252 e. The Morgan fingerprint density at radius 3 is 2.50 bits per heavy atom. The van der Waals surface area contributed by atoms with Gasteiger partial charge in [-0.1, -0.05) is 36.9 Å². The van der Waals surface area contributed by atoms with Crippen molar-refractivity contribution >= 4 is 16.5 Å². The Bertz CT molecular complexity index is 993. The molecule has 0 amide bonds. The molecule has 0 radical (unpaired) electrons. The van der Waals surface area contributed by atoms with Crippen LogP contribution in [0, 0.1) is 17.1 Å². The highest BCUT2D eigenvalue weighted by Crippen LogP contribution is 2.46. The zero-order valence-electron chi connectivity index (χ0n) is 13.1. The van der Waals surface area contributed by atoms with Crippen LogP contribution < -0.4 is 0 Å². The molecular weight excluding hydrogens is 299 g/mol. The summed E-state index contributed by atoms with van der Waals surface area (Å²) in [5, 5.41) is 10.4.